The number of aryl methyl sites for hydroxylation is 1. The van der Waals surface area contributed by atoms with E-state index in [0.717, 1.165) is 15.7 Å². The minimum Gasteiger partial charge on any atom is -0.424 e. The summed E-state index contributed by atoms with van der Waals surface area (Å²) in [6.07, 6.45) is 3.86. The van der Waals surface area contributed by atoms with Crippen molar-refractivity contribution in [3.63, 3.8) is 0 Å². The number of benzene rings is 2. The predicted octanol–water partition coefficient (Wildman–Crippen LogP) is 4.62. The van der Waals surface area contributed by atoms with Crippen LogP contribution in [-0.4, -0.2) is 36.0 Å². The summed E-state index contributed by atoms with van der Waals surface area (Å²) in [5.74, 6) is 0.108. The Morgan fingerprint density at radius 3 is 2.48 bits per heavy atom. The van der Waals surface area contributed by atoms with Gasteiger partial charge in [-0.25, -0.2) is 14.8 Å². The topological polar surface area (TPSA) is 96.5 Å². The molecule has 3 rings (SSSR count). The lowest BCUT2D eigenvalue weighted by molar-refractivity contribution is 0.0967. The minimum absolute atomic E-state index is 0.224. The quantitative estimate of drug-likeness (QED) is 0.530. The van der Waals surface area contributed by atoms with Crippen molar-refractivity contribution < 1.29 is 14.3 Å². The lowest BCUT2D eigenvalue weighted by Crippen LogP contribution is -2.35. The number of carbonyl (C=O) groups excluding carboxylic acids is 2. The number of carbonyl (C=O) groups is 2. The fraction of sp³-hybridized carbons (Fsp3) is 0.182. The second-order valence-electron chi connectivity index (χ2n) is 6.78. The summed E-state index contributed by atoms with van der Waals surface area (Å²) < 4.78 is 6.50. The zero-order valence-corrected chi connectivity index (χ0v) is 18.9. The van der Waals surface area contributed by atoms with Gasteiger partial charge in [-0.1, -0.05) is 19.1 Å². The molecule has 31 heavy (non-hydrogen) atoms. The van der Waals surface area contributed by atoms with Gasteiger partial charge in [0.05, 0.1) is 10.0 Å². The highest BCUT2D eigenvalue weighted by molar-refractivity contribution is 9.10. The molecule has 0 atom stereocenters. The van der Waals surface area contributed by atoms with Crippen molar-refractivity contribution >= 4 is 39.2 Å². The van der Waals surface area contributed by atoms with Crippen molar-refractivity contribution in [2.24, 2.45) is 0 Å². The number of anilines is 2. The molecule has 8 nitrogen and oxygen atoms in total. The first-order valence-electron chi connectivity index (χ1n) is 9.54. The largest absolute Gasteiger partial charge is 0.424 e. The number of rotatable bonds is 6. The molecule has 3 amide bonds. The van der Waals surface area contributed by atoms with E-state index in [4.69, 9.17) is 4.74 Å². The highest BCUT2D eigenvalue weighted by Crippen LogP contribution is 2.27. The van der Waals surface area contributed by atoms with Crippen LogP contribution in [0.1, 0.15) is 22.8 Å². The van der Waals surface area contributed by atoms with E-state index < -0.39 is 11.9 Å². The first-order chi connectivity index (χ1) is 14.9. The molecule has 9 heteroatoms. The van der Waals surface area contributed by atoms with Crippen LogP contribution in [-0.2, 0) is 6.42 Å². The van der Waals surface area contributed by atoms with Gasteiger partial charge >= 0.3 is 12.0 Å². The molecule has 1 aromatic heterocycles. The van der Waals surface area contributed by atoms with E-state index in [1.165, 1.54) is 0 Å². The number of halogens is 1. The van der Waals surface area contributed by atoms with E-state index in [0.29, 0.717) is 23.4 Å². The predicted molar refractivity (Wildman–Crippen MR) is 123 cm³/mol. The van der Waals surface area contributed by atoms with Gasteiger partial charge in [0, 0.05) is 37.9 Å². The Labute approximate surface area is 188 Å². The number of ether oxygens (including phenoxy) is 1. The van der Waals surface area contributed by atoms with E-state index >= 15 is 0 Å². The van der Waals surface area contributed by atoms with Crippen LogP contribution in [0.4, 0.5) is 16.2 Å². The van der Waals surface area contributed by atoms with Crippen molar-refractivity contribution in [1.82, 2.24) is 15.3 Å². The fourth-order valence-corrected chi connectivity index (χ4v) is 3.08. The van der Waals surface area contributed by atoms with Gasteiger partial charge < -0.3 is 15.0 Å². The van der Waals surface area contributed by atoms with Crippen LogP contribution in [0.25, 0.3) is 0 Å². The smallest absolute Gasteiger partial charge is 0.326 e. The Morgan fingerprint density at radius 2 is 1.81 bits per heavy atom. The van der Waals surface area contributed by atoms with Crippen molar-refractivity contribution in [2.75, 3.05) is 24.3 Å². The van der Waals surface area contributed by atoms with Crippen LogP contribution in [0.3, 0.4) is 0 Å². The average Bonchev–Trinajstić information content (AvgIpc) is 2.76. The molecule has 0 fully saturated rings. The van der Waals surface area contributed by atoms with Crippen molar-refractivity contribution in [2.45, 2.75) is 13.3 Å². The van der Waals surface area contributed by atoms with E-state index in [1.54, 1.807) is 42.7 Å². The Morgan fingerprint density at radius 1 is 1.10 bits per heavy atom. The molecule has 2 N–H and O–H groups in total. The molecule has 3 aromatic rings. The highest BCUT2D eigenvalue weighted by Gasteiger charge is 2.16. The number of nitrogens with zero attached hydrogens (tertiary/aromatic N) is 3. The van der Waals surface area contributed by atoms with Crippen LogP contribution in [0.5, 0.6) is 11.8 Å². The maximum absolute atomic E-state index is 12.5. The Hall–Kier alpha value is -3.46. The average molecular weight is 484 g/mol. The Kier molecular flexibility index (Phi) is 7.19. The minimum atomic E-state index is -0.620. The third-order valence-electron chi connectivity index (χ3n) is 4.35. The molecule has 0 radical (unpaired) electrons. The first-order valence-corrected chi connectivity index (χ1v) is 10.3. The van der Waals surface area contributed by atoms with Gasteiger partial charge in [-0.05, 0) is 58.2 Å². The van der Waals surface area contributed by atoms with Crippen molar-refractivity contribution in [3.05, 3.63) is 70.5 Å². The zero-order valence-electron chi connectivity index (χ0n) is 17.3. The first kappa shape index (κ1) is 22.2. The third kappa shape index (κ3) is 5.79. The monoisotopic (exact) mass is 483 g/mol. The van der Waals surface area contributed by atoms with Crippen LogP contribution in [0.15, 0.2) is 59.3 Å². The summed E-state index contributed by atoms with van der Waals surface area (Å²) in [7, 11) is 3.67. The molecule has 0 bridgehead atoms. The summed E-state index contributed by atoms with van der Waals surface area (Å²) in [6, 6.07) is 11.9. The molecule has 2 aromatic carbocycles. The second kappa shape index (κ2) is 10.0. The van der Waals surface area contributed by atoms with Crippen LogP contribution < -0.4 is 20.3 Å². The number of amides is 3. The molecule has 0 aliphatic rings. The SMILES string of the molecule is CCc1cc(NC(=O)NC(=O)c2ccccc2N(C)C)ccc1Oc1ncc(Br)cn1. The maximum atomic E-state index is 12.5. The van der Waals surface area contributed by atoms with E-state index in [2.05, 4.69) is 36.5 Å². The standard InChI is InChI=1S/C22H22BrN5O3/c1-4-14-11-16(9-10-19(14)31-22-24-12-15(23)13-25-22)26-21(30)27-20(29)17-7-5-6-8-18(17)28(2)3/h5-13H,4H2,1-3H3,(H2,26,27,29,30). The number of aromatic nitrogens is 2. The summed E-state index contributed by atoms with van der Waals surface area (Å²) >= 11 is 3.28. The number of hydrogen-bond donors (Lipinski definition) is 2. The summed E-state index contributed by atoms with van der Waals surface area (Å²) in [4.78, 5) is 34.9. The molecular weight excluding hydrogens is 462 g/mol. The zero-order chi connectivity index (χ0) is 22.4. The normalized spacial score (nSPS) is 10.3. The number of nitrogens with one attached hydrogen (secondary N) is 2. The molecule has 0 aliphatic heterocycles. The van der Waals surface area contributed by atoms with E-state index in [9.17, 15) is 9.59 Å². The molecule has 0 unspecified atom stereocenters. The highest BCUT2D eigenvalue weighted by atomic mass is 79.9. The number of urea groups is 1. The van der Waals surface area contributed by atoms with E-state index in [-0.39, 0.29) is 6.01 Å². The van der Waals surface area contributed by atoms with Gasteiger partial charge in [0.2, 0.25) is 0 Å². The van der Waals surface area contributed by atoms with Crippen LogP contribution in [0.2, 0.25) is 0 Å². The molecule has 0 spiro atoms. The Balaban J connectivity index is 1.69. The third-order valence-corrected chi connectivity index (χ3v) is 4.76. The van der Waals surface area contributed by atoms with Crippen molar-refractivity contribution in [3.8, 4) is 11.8 Å². The molecule has 0 aliphatic carbocycles. The number of hydrogen-bond acceptors (Lipinski definition) is 6. The molecule has 160 valence electrons. The number of imide groups is 1. The van der Waals surface area contributed by atoms with Gasteiger partial charge in [0.1, 0.15) is 5.75 Å². The van der Waals surface area contributed by atoms with Crippen LogP contribution >= 0.6 is 15.9 Å². The van der Waals surface area contributed by atoms with Gasteiger partial charge in [-0.3, -0.25) is 10.1 Å². The lowest BCUT2D eigenvalue weighted by Gasteiger charge is -2.17. The molecule has 0 saturated heterocycles. The van der Waals surface area contributed by atoms with Crippen molar-refractivity contribution in [1.29, 1.82) is 0 Å². The van der Waals surface area contributed by atoms with Gasteiger partial charge in [-0.15, -0.1) is 0 Å². The summed E-state index contributed by atoms with van der Waals surface area (Å²) in [5.41, 5.74) is 2.52. The molecule has 0 saturated carbocycles. The van der Waals surface area contributed by atoms with E-state index in [1.807, 2.05) is 38.1 Å². The summed E-state index contributed by atoms with van der Waals surface area (Å²) in [5, 5.41) is 5.05. The van der Waals surface area contributed by atoms with Gasteiger partial charge in [0.25, 0.3) is 5.91 Å². The van der Waals surface area contributed by atoms with Gasteiger partial charge in [0.15, 0.2) is 0 Å². The molecular formula is C22H22BrN5O3. The van der Waals surface area contributed by atoms with Gasteiger partial charge in [-0.2, -0.15) is 0 Å². The number of para-hydroxylation sites is 1. The van der Waals surface area contributed by atoms with Crippen LogP contribution in [0, 0.1) is 0 Å². The summed E-state index contributed by atoms with van der Waals surface area (Å²) in [6.45, 7) is 1.97. The Bertz CT molecular complexity index is 1090. The lowest BCUT2D eigenvalue weighted by atomic mass is 10.1. The maximum Gasteiger partial charge on any atom is 0.326 e. The second-order valence-corrected chi connectivity index (χ2v) is 7.70. The fourth-order valence-electron chi connectivity index (χ4n) is 2.87. The molecule has 1 heterocycles.